The summed E-state index contributed by atoms with van der Waals surface area (Å²) < 4.78 is 36.6. The topological polar surface area (TPSA) is 61.0 Å². The van der Waals surface area contributed by atoms with Gasteiger partial charge < -0.3 is 5.32 Å². The predicted octanol–water partition coefficient (Wildman–Crippen LogP) is 1.22. The van der Waals surface area contributed by atoms with Crippen molar-refractivity contribution in [3.05, 3.63) is 17.5 Å². The Labute approximate surface area is 109 Å². The third-order valence-electron chi connectivity index (χ3n) is 2.86. The second-order valence-corrected chi connectivity index (χ2v) is 4.44. The smallest absolute Gasteiger partial charge is 0.351 e. The fourth-order valence-electron chi connectivity index (χ4n) is 1.50. The van der Waals surface area contributed by atoms with Gasteiger partial charge in [-0.25, -0.2) is 0 Å². The van der Waals surface area contributed by atoms with Gasteiger partial charge >= 0.3 is 6.18 Å². The molecule has 0 unspecified atom stereocenters. The number of nitrogens with one attached hydrogen (secondary N) is 2. The first kappa shape index (κ1) is 15.5. The van der Waals surface area contributed by atoms with Crippen LogP contribution in [0.3, 0.4) is 0 Å². The van der Waals surface area contributed by atoms with Crippen molar-refractivity contribution in [2.75, 3.05) is 13.6 Å². The molecular weight excluding hydrogens is 261 g/mol. The van der Waals surface area contributed by atoms with Crippen molar-refractivity contribution in [3.63, 3.8) is 0 Å². The summed E-state index contributed by atoms with van der Waals surface area (Å²) in [6, 6.07) is -0.853. The average molecular weight is 278 g/mol. The molecule has 0 saturated heterocycles. The lowest BCUT2D eigenvalue weighted by atomic mass is 10.2. The average Bonchev–Trinajstić information content (AvgIpc) is 2.68. The molecule has 1 aromatic heterocycles. The molecule has 1 atom stereocenters. The molecule has 0 fully saturated rings. The Hall–Kier alpha value is -1.57. The van der Waals surface area contributed by atoms with Crippen molar-refractivity contribution in [2.45, 2.75) is 32.6 Å². The Morgan fingerprint density at radius 1 is 1.58 bits per heavy atom. The van der Waals surface area contributed by atoms with E-state index in [4.69, 9.17) is 0 Å². The van der Waals surface area contributed by atoms with Crippen LogP contribution in [0.2, 0.25) is 0 Å². The number of carbonyl (C=O) groups is 1. The Kier molecular flexibility index (Phi) is 4.93. The predicted molar refractivity (Wildman–Crippen MR) is 63.3 cm³/mol. The number of nitrogens with zero attached hydrogens (tertiary/aromatic N) is 2. The number of halogens is 3. The van der Waals surface area contributed by atoms with Gasteiger partial charge in [0.05, 0.1) is 18.8 Å². The number of aryl methyl sites for hydroxylation is 1. The van der Waals surface area contributed by atoms with Crippen molar-refractivity contribution in [3.8, 4) is 0 Å². The van der Waals surface area contributed by atoms with E-state index < -0.39 is 24.7 Å². The summed E-state index contributed by atoms with van der Waals surface area (Å²) >= 11 is 0. The van der Waals surface area contributed by atoms with E-state index in [2.05, 4.69) is 15.5 Å². The fourth-order valence-corrected chi connectivity index (χ4v) is 1.50. The van der Waals surface area contributed by atoms with Crippen LogP contribution in [-0.4, -0.2) is 46.8 Å². The fraction of sp³-hybridized carbons (Fsp3) is 0.636. The number of H-pyrrole nitrogens is 1. The Morgan fingerprint density at radius 2 is 2.21 bits per heavy atom. The van der Waals surface area contributed by atoms with Crippen LogP contribution in [0.25, 0.3) is 0 Å². The SMILES string of the molecule is Cc1[nH]ncc1CNC(=O)[C@@H](C)N(C)CC(F)(F)F. The largest absolute Gasteiger partial charge is 0.401 e. The minimum Gasteiger partial charge on any atom is -0.351 e. The monoisotopic (exact) mass is 278 g/mol. The number of aromatic nitrogens is 2. The van der Waals surface area contributed by atoms with Gasteiger partial charge in [0.25, 0.3) is 0 Å². The minimum atomic E-state index is -4.32. The zero-order chi connectivity index (χ0) is 14.6. The van der Waals surface area contributed by atoms with E-state index in [0.29, 0.717) is 0 Å². The highest BCUT2D eigenvalue weighted by Gasteiger charge is 2.32. The summed E-state index contributed by atoms with van der Waals surface area (Å²) in [5, 5.41) is 9.09. The normalized spacial score (nSPS) is 13.6. The summed E-state index contributed by atoms with van der Waals surface area (Å²) in [4.78, 5) is 12.7. The Bertz CT molecular complexity index is 430. The molecule has 0 radical (unpaired) electrons. The molecular formula is C11H17F3N4O. The van der Waals surface area contributed by atoms with Crippen LogP contribution in [0.15, 0.2) is 6.20 Å². The highest BCUT2D eigenvalue weighted by atomic mass is 19.4. The number of carbonyl (C=O) groups excluding carboxylic acids is 1. The molecule has 108 valence electrons. The number of aromatic amines is 1. The van der Waals surface area contributed by atoms with Crippen LogP contribution >= 0.6 is 0 Å². The highest BCUT2D eigenvalue weighted by Crippen LogP contribution is 2.16. The third kappa shape index (κ3) is 4.90. The van der Waals surface area contributed by atoms with Gasteiger partial charge in [0.15, 0.2) is 0 Å². The molecule has 0 aliphatic carbocycles. The lowest BCUT2D eigenvalue weighted by Gasteiger charge is -2.24. The summed E-state index contributed by atoms with van der Waals surface area (Å²) in [5.74, 6) is -0.452. The summed E-state index contributed by atoms with van der Waals surface area (Å²) in [5.41, 5.74) is 1.62. The molecule has 5 nitrogen and oxygen atoms in total. The van der Waals surface area contributed by atoms with E-state index in [-0.39, 0.29) is 6.54 Å². The lowest BCUT2D eigenvalue weighted by molar-refractivity contribution is -0.151. The van der Waals surface area contributed by atoms with Gasteiger partial charge in [-0.2, -0.15) is 18.3 Å². The first-order valence-corrected chi connectivity index (χ1v) is 5.74. The maximum atomic E-state index is 12.2. The maximum Gasteiger partial charge on any atom is 0.401 e. The molecule has 0 aliphatic rings. The molecule has 1 aromatic rings. The molecule has 0 spiro atoms. The molecule has 1 amide bonds. The zero-order valence-corrected chi connectivity index (χ0v) is 11.0. The third-order valence-corrected chi connectivity index (χ3v) is 2.86. The van der Waals surface area contributed by atoms with Crippen molar-refractivity contribution in [2.24, 2.45) is 0 Å². The molecule has 1 rings (SSSR count). The van der Waals surface area contributed by atoms with E-state index in [1.54, 1.807) is 13.1 Å². The van der Waals surface area contributed by atoms with Gasteiger partial charge in [-0.15, -0.1) is 0 Å². The van der Waals surface area contributed by atoms with Gasteiger partial charge in [-0.1, -0.05) is 0 Å². The van der Waals surface area contributed by atoms with E-state index in [0.717, 1.165) is 16.2 Å². The van der Waals surface area contributed by atoms with Crippen molar-refractivity contribution < 1.29 is 18.0 Å². The van der Waals surface area contributed by atoms with Crippen LogP contribution in [0, 0.1) is 6.92 Å². The van der Waals surface area contributed by atoms with Gasteiger partial charge in [-0.3, -0.25) is 14.8 Å². The Morgan fingerprint density at radius 3 is 2.68 bits per heavy atom. The Balaban J connectivity index is 2.47. The molecule has 1 heterocycles. The number of likely N-dealkylation sites (N-methyl/N-ethyl adjacent to an activating group) is 1. The van der Waals surface area contributed by atoms with Crippen molar-refractivity contribution in [1.29, 1.82) is 0 Å². The second kappa shape index (κ2) is 6.05. The van der Waals surface area contributed by atoms with Crippen LogP contribution in [0.4, 0.5) is 13.2 Å². The van der Waals surface area contributed by atoms with E-state index in [1.807, 2.05) is 0 Å². The number of rotatable bonds is 5. The summed E-state index contributed by atoms with van der Waals surface area (Å²) in [7, 11) is 1.26. The van der Waals surface area contributed by atoms with Gasteiger partial charge in [0, 0.05) is 17.8 Å². The molecule has 19 heavy (non-hydrogen) atoms. The minimum absolute atomic E-state index is 0.241. The van der Waals surface area contributed by atoms with Gasteiger partial charge in [0.2, 0.25) is 5.91 Å². The standard InChI is InChI=1S/C11H17F3N4O/c1-7-9(5-16-17-7)4-15-10(19)8(2)18(3)6-11(12,13)14/h5,8H,4,6H2,1-3H3,(H,15,19)(H,16,17)/t8-/m1/s1. The molecule has 0 aromatic carbocycles. The summed E-state index contributed by atoms with van der Waals surface area (Å²) in [6.07, 6.45) is -2.75. The molecule has 0 saturated carbocycles. The van der Waals surface area contributed by atoms with Crippen molar-refractivity contribution >= 4 is 5.91 Å². The van der Waals surface area contributed by atoms with Gasteiger partial charge in [-0.05, 0) is 20.9 Å². The maximum absolute atomic E-state index is 12.2. The quantitative estimate of drug-likeness (QED) is 0.851. The van der Waals surface area contributed by atoms with Crippen LogP contribution < -0.4 is 5.32 Å². The molecule has 2 N–H and O–H groups in total. The first-order valence-electron chi connectivity index (χ1n) is 5.74. The molecule has 0 aliphatic heterocycles. The lowest BCUT2D eigenvalue weighted by Crippen LogP contribution is -2.46. The van der Waals surface area contributed by atoms with Gasteiger partial charge in [0.1, 0.15) is 0 Å². The number of hydrogen-bond acceptors (Lipinski definition) is 3. The highest BCUT2D eigenvalue weighted by molar-refractivity contribution is 5.81. The summed E-state index contributed by atoms with van der Waals surface area (Å²) in [6.45, 7) is 2.36. The first-order chi connectivity index (χ1) is 8.70. The van der Waals surface area contributed by atoms with E-state index in [9.17, 15) is 18.0 Å². The number of amides is 1. The van der Waals surface area contributed by atoms with Crippen molar-refractivity contribution in [1.82, 2.24) is 20.4 Å². The van der Waals surface area contributed by atoms with Crippen LogP contribution in [-0.2, 0) is 11.3 Å². The number of hydrogen-bond donors (Lipinski definition) is 2. The van der Waals surface area contributed by atoms with Crippen LogP contribution in [0.5, 0.6) is 0 Å². The zero-order valence-electron chi connectivity index (χ0n) is 11.0. The van der Waals surface area contributed by atoms with E-state index in [1.165, 1.54) is 14.0 Å². The number of alkyl halides is 3. The second-order valence-electron chi connectivity index (χ2n) is 4.44. The van der Waals surface area contributed by atoms with Crippen LogP contribution in [0.1, 0.15) is 18.2 Å². The van der Waals surface area contributed by atoms with E-state index >= 15 is 0 Å². The molecule has 8 heteroatoms. The molecule has 0 bridgehead atoms.